The average molecular weight is 594 g/mol. The van der Waals surface area contributed by atoms with Gasteiger partial charge in [0.2, 0.25) is 0 Å². The molecule has 0 saturated heterocycles. The third-order valence-electron chi connectivity index (χ3n) is 4.32. The first-order valence-corrected chi connectivity index (χ1v) is 17.3. The maximum absolute atomic E-state index is 3.30. The van der Waals surface area contributed by atoms with Crippen LogP contribution in [0, 0.1) is 6.07 Å². The molecule has 0 atom stereocenters. The summed E-state index contributed by atoms with van der Waals surface area (Å²) in [5.41, 5.74) is 8.70. The van der Waals surface area contributed by atoms with Crippen molar-refractivity contribution in [3.63, 3.8) is 0 Å². The van der Waals surface area contributed by atoms with E-state index in [1.54, 1.807) is 0 Å². The molecule has 0 aromatic heterocycles. The Morgan fingerprint density at radius 1 is 0.893 bits per heavy atom. The number of rotatable bonds is 2. The molecule has 0 saturated carbocycles. The normalized spacial score (nSPS) is 9.93. The fraction of sp³-hybridized carbons (Fsp3) is 0.292. The molecular weight excluding hydrogens is 566 g/mol. The molecule has 0 spiro atoms. The molecule has 0 nitrogen and oxygen atoms in total. The van der Waals surface area contributed by atoms with E-state index in [9.17, 15) is 0 Å². The SMILES string of the molecule is CCc1ccc(CC)[cH-]1.C[Si](C)=[Hf+2].[Cl-].[Cl-].[c-]1cccc2c1Cc1ccccc1-2. The van der Waals surface area contributed by atoms with Crippen LogP contribution in [0.2, 0.25) is 13.1 Å². The van der Waals surface area contributed by atoms with E-state index in [0.717, 1.165) is 6.42 Å². The molecule has 0 amide bonds. The van der Waals surface area contributed by atoms with Gasteiger partial charge in [0.25, 0.3) is 0 Å². The first-order chi connectivity index (χ1) is 12.5. The molecule has 1 aliphatic carbocycles. The number of halogens is 2. The number of hydrogen-bond donors (Lipinski definition) is 0. The van der Waals surface area contributed by atoms with Crippen LogP contribution in [0.3, 0.4) is 0 Å². The van der Waals surface area contributed by atoms with E-state index in [1.165, 1.54) is 69.2 Å². The van der Waals surface area contributed by atoms with Crippen LogP contribution in [0.1, 0.15) is 36.1 Å². The van der Waals surface area contributed by atoms with E-state index in [2.05, 4.69) is 87.6 Å². The maximum atomic E-state index is 3.30. The van der Waals surface area contributed by atoms with Crippen molar-refractivity contribution in [2.75, 3.05) is 0 Å². The molecule has 1 aliphatic rings. The zero-order chi connectivity index (χ0) is 18.9. The molecule has 4 heteroatoms. The quantitative estimate of drug-likeness (QED) is 0.233. The summed E-state index contributed by atoms with van der Waals surface area (Å²) in [6.45, 7) is 9.04. The van der Waals surface area contributed by atoms with Gasteiger partial charge in [-0.15, -0.1) is 5.56 Å². The number of fused-ring (bicyclic) bond motifs is 3. The fourth-order valence-corrected chi connectivity index (χ4v) is 2.99. The van der Waals surface area contributed by atoms with Crippen LogP contribution in [-0.4, -0.2) is 5.49 Å². The van der Waals surface area contributed by atoms with Gasteiger partial charge in [0.05, 0.1) is 0 Å². The molecule has 0 radical (unpaired) electrons. The largest absolute Gasteiger partial charge is 1.00 e. The van der Waals surface area contributed by atoms with Crippen molar-refractivity contribution in [2.45, 2.75) is 46.2 Å². The van der Waals surface area contributed by atoms with Gasteiger partial charge in [-0.2, -0.15) is 47.0 Å². The molecule has 3 aromatic rings. The minimum absolute atomic E-state index is 0. The topological polar surface area (TPSA) is 0 Å². The molecule has 0 heterocycles. The van der Waals surface area contributed by atoms with Crippen molar-refractivity contribution in [3.8, 4) is 11.1 Å². The van der Waals surface area contributed by atoms with Gasteiger partial charge in [-0.1, -0.05) is 62.1 Å². The van der Waals surface area contributed by atoms with Gasteiger partial charge in [0.1, 0.15) is 0 Å². The number of hydrogen-bond acceptors (Lipinski definition) is 0. The van der Waals surface area contributed by atoms with Gasteiger partial charge in [0, 0.05) is 0 Å². The average Bonchev–Trinajstić information content (AvgIpc) is 3.26. The predicted molar refractivity (Wildman–Crippen MR) is 112 cm³/mol. The standard InChI is InChI=1S/C13H9.C9H13.C2H6Si.2ClH.Hf/c1-3-7-12-10(5-1)9-11-6-2-4-8-13(11)12;1-3-8-5-6-9(4-2)7-8;1-3-2;;;/h1-5,7-8H,9H2;5-7H,3-4H2,1-2H3;1-2H3;2*1H;/q2*-1;;;;+2/p-2. The van der Waals surface area contributed by atoms with E-state index in [4.69, 9.17) is 0 Å². The summed E-state index contributed by atoms with van der Waals surface area (Å²) in [7, 11) is 0. The van der Waals surface area contributed by atoms with Crippen LogP contribution in [0.25, 0.3) is 11.1 Å². The minimum Gasteiger partial charge on any atom is -1.00 e. The second-order valence-corrected chi connectivity index (χ2v) is 19.5. The summed E-state index contributed by atoms with van der Waals surface area (Å²) in [6, 6.07) is 24.8. The van der Waals surface area contributed by atoms with Crippen LogP contribution >= 0.6 is 0 Å². The van der Waals surface area contributed by atoms with Gasteiger partial charge >= 0.3 is 41.6 Å². The Kier molecular flexibility index (Phi) is 14.2. The zero-order valence-electron chi connectivity index (χ0n) is 17.2. The Morgan fingerprint density at radius 3 is 1.96 bits per heavy atom. The number of benzene rings is 2. The molecule has 148 valence electrons. The van der Waals surface area contributed by atoms with Crippen molar-refractivity contribution in [1.29, 1.82) is 0 Å². The molecule has 0 N–H and O–H groups in total. The summed E-state index contributed by atoms with van der Waals surface area (Å²) in [5.74, 6) is 0. The molecule has 0 unspecified atom stereocenters. The predicted octanol–water partition coefficient (Wildman–Crippen LogP) is 0.381. The van der Waals surface area contributed by atoms with Crippen LogP contribution in [0.4, 0.5) is 0 Å². The Balaban J connectivity index is 0.000000432. The minimum atomic E-state index is 0. The van der Waals surface area contributed by atoms with Crippen molar-refractivity contribution in [2.24, 2.45) is 0 Å². The second-order valence-electron chi connectivity index (χ2n) is 6.73. The molecule has 4 rings (SSSR count). The van der Waals surface area contributed by atoms with Crippen molar-refractivity contribution in [1.82, 2.24) is 0 Å². The van der Waals surface area contributed by atoms with E-state index >= 15 is 0 Å². The Bertz CT molecular complexity index is 789. The third kappa shape index (κ3) is 8.45. The summed E-state index contributed by atoms with van der Waals surface area (Å²) < 4.78 is 0. The van der Waals surface area contributed by atoms with Crippen LogP contribution in [0.5, 0.6) is 0 Å². The smallest absolute Gasteiger partial charge is 0.0253 e. The molecule has 28 heavy (non-hydrogen) atoms. The third-order valence-corrected chi connectivity index (χ3v) is 4.32. The summed E-state index contributed by atoms with van der Waals surface area (Å²) in [6.07, 6.45) is 3.38. The molecule has 0 aliphatic heterocycles. The Hall–Kier alpha value is -0.543. The number of aryl methyl sites for hydroxylation is 2. The van der Waals surface area contributed by atoms with Crippen molar-refractivity contribution >= 4 is 5.49 Å². The van der Waals surface area contributed by atoms with E-state index < -0.39 is 0 Å². The summed E-state index contributed by atoms with van der Waals surface area (Å²) in [5, 5.41) is 0. The van der Waals surface area contributed by atoms with Crippen LogP contribution in [-0.2, 0) is 42.3 Å². The maximum Gasteiger partial charge on any atom is -0.0253 e. The van der Waals surface area contributed by atoms with Gasteiger partial charge in [-0.3, -0.25) is 0 Å². The van der Waals surface area contributed by atoms with Crippen molar-refractivity contribution in [3.05, 3.63) is 89.0 Å². The van der Waals surface area contributed by atoms with Crippen molar-refractivity contribution < 1.29 is 47.8 Å². The first kappa shape index (κ1) is 27.5. The Labute approximate surface area is 198 Å². The molecular formula is C24H28Cl2HfSi-2. The van der Waals surface area contributed by atoms with Gasteiger partial charge < -0.3 is 24.8 Å². The Morgan fingerprint density at radius 2 is 1.43 bits per heavy atom. The molecule has 0 fully saturated rings. The summed E-state index contributed by atoms with van der Waals surface area (Å²) in [4.78, 5) is 0. The van der Waals surface area contributed by atoms with E-state index in [1.807, 2.05) is 6.07 Å². The molecule has 0 bridgehead atoms. The first-order valence-electron chi connectivity index (χ1n) is 9.39. The van der Waals surface area contributed by atoms with Gasteiger partial charge in [0.15, 0.2) is 0 Å². The van der Waals surface area contributed by atoms with Crippen LogP contribution in [0.15, 0.2) is 60.7 Å². The molecule has 3 aromatic carbocycles. The summed E-state index contributed by atoms with van der Waals surface area (Å²) >= 11 is 1.45. The zero-order valence-corrected chi connectivity index (χ0v) is 23.3. The monoisotopic (exact) mass is 594 g/mol. The van der Waals surface area contributed by atoms with E-state index in [-0.39, 0.29) is 30.3 Å². The fourth-order valence-electron chi connectivity index (χ4n) is 2.99. The second kappa shape index (κ2) is 14.4. The van der Waals surface area contributed by atoms with Gasteiger partial charge in [-0.25, -0.2) is 12.1 Å². The van der Waals surface area contributed by atoms with Gasteiger partial charge in [-0.05, 0) is 6.42 Å². The van der Waals surface area contributed by atoms with Crippen LogP contribution < -0.4 is 24.8 Å². The van der Waals surface area contributed by atoms with E-state index in [0.29, 0.717) is 0 Å².